The van der Waals surface area contributed by atoms with Crippen molar-refractivity contribution in [1.29, 1.82) is 0 Å². The molecule has 192 valence electrons. The standard InChI is InChI=1S/C30H32ClN3O3/c1-3-16-34(30(36)23-7-6-8-25(31)18-23)21-29(35)33(20-22-11-13-26(37-2)14-12-22)17-15-24-19-32-28-10-5-4-9-27(24)28/h4-14,18-19,32H,3,15-17,20-21H2,1-2H3. The maximum Gasteiger partial charge on any atom is 0.254 e. The monoisotopic (exact) mass is 517 g/mol. The number of halogens is 1. The molecule has 0 saturated carbocycles. The quantitative estimate of drug-likeness (QED) is 0.267. The Hall–Kier alpha value is -3.77. The SMILES string of the molecule is CCCN(CC(=O)N(CCc1c[nH]c2ccccc12)Cc1ccc(OC)cc1)C(=O)c1cccc(Cl)c1. The lowest BCUT2D eigenvalue weighted by atomic mass is 10.1. The molecule has 0 bridgehead atoms. The van der Waals surface area contributed by atoms with Crippen LogP contribution in [-0.2, 0) is 17.8 Å². The number of ether oxygens (including phenoxy) is 1. The highest BCUT2D eigenvalue weighted by Crippen LogP contribution is 2.20. The van der Waals surface area contributed by atoms with E-state index in [-0.39, 0.29) is 18.4 Å². The van der Waals surface area contributed by atoms with Gasteiger partial charge in [0.05, 0.1) is 7.11 Å². The number of rotatable bonds is 11. The molecule has 0 atom stereocenters. The Morgan fingerprint density at radius 1 is 0.946 bits per heavy atom. The van der Waals surface area contributed by atoms with E-state index in [2.05, 4.69) is 11.1 Å². The molecule has 2 amide bonds. The molecular weight excluding hydrogens is 486 g/mol. The second-order valence-electron chi connectivity index (χ2n) is 9.01. The predicted octanol–water partition coefficient (Wildman–Crippen LogP) is 5.95. The summed E-state index contributed by atoms with van der Waals surface area (Å²) in [7, 11) is 1.63. The number of aromatic nitrogens is 1. The first kappa shape index (κ1) is 26.3. The van der Waals surface area contributed by atoms with E-state index in [1.165, 1.54) is 0 Å². The number of nitrogens with one attached hydrogen (secondary N) is 1. The van der Waals surface area contributed by atoms with E-state index in [4.69, 9.17) is 16.3 Å². The van der Waals surface area contributed by atoms with E-state index in [0.29, 0.717) is 36.6 Å². The fourth-order valence-electron chi connectivity index (χ4n) is 4.43. The van der Waals surface area contributed by atoms with Gasteiger partial charge in [-0.3, -0.25) is 9.59 Å². The average Bonchev–Trinajstić information content (AvgIpc) is 3.33. The van der Waals surface area contributed by atoms with Crippen molar-refractivity contribution in [3.63, 3.8) is 0 Å². The number of methoxy groups -OCH3 is 1. The maximum absolute atomic E-state index is 13.7. The van der Waals surface area contributed by atoms with Crippen LogP contribution < -0.4 is 4.74 Å². The second kappa shape index (κ2) is 12.5. The van der Waals surface area contributed by atoms with Crippen molar-refractivity contribution >= 4 is 34.3 Å². The first-order chi connectivity index (χ1) is 18.0. The summed E-state index contributed by atoms with van der Waals surface area (Å²) in [4.78, 5) is 33.7. The van der Waals surface area contributed by atoms with Crippen molar-refractivity contribution in [3.05, 3.63) is 101 Å². The highest BCUT2D eigenvalue weighted by molar-refractivity contribution is 6.31. The third-order valence-corrected chi connectivity index (χ3v) is 6.62. The van der Waals surface area contributed by atoms with Crippen molar-refractivity contribution in [2.45, 2.75) is 26.3 Å². The number of hydrogen-bond donors (Lipinski definition) is 1. The Morgan fingerprint density at radius 3 is 2.46 bits per heavy atom. The molecular formula is C30H32ClN3O3. The van der Waals surface area contributed by atoms with E-state index < -0.39 is 0 Å². The number of H-pyrrole nitrogens is 1. The highest BCUT2D eigenvalue weighted by atomic mass is 35.5. The molecule has 0 radical (unpaired) electrons. The molecule has 0 aliphatic heterocycles. The molecule has 7 heteroatoms. The van der Waals surface area contributed by atoms with Crippen LogP contribution in [0.5, 0.6) is 5.75 Å². The molecule has 0 aliphatic carbocycles. The Morgan fingerprint density at radius 2 is 1.73 bits per heavy atom. The molecule has 4 aromatic rings. The molecule has 0 spiro atoms. The summed E-state index contributed by atoms with van der Waals surface area (Å²) in [6.45, 7) is 3.45. The topological polar surface area (TPSA) is 65.6 Å². The second-order valence-corrected chi connectivity index (χ2v) is 9.45. The first-order valence-electron chi connectivity index (χ1n) is 12.5. The number of carbonyl (C=O) groups is 2. The zero-order chi connectivity index (χ0) is 26.2. The number of para-hydroxylation sites is 1. The molecule has 0 unspecified atom stereocenters. The van der Waals surface area contributed by atoms with Crippen LogP contribution in [0.15, 0.2) is 79.0 Å². The number of hydrogen-bond acceptors (Lipinski definition) is 3. The molecule has 1 heterocycles. The van der Waals surface area contributed by atoms with Crippen LogP contribution in [-0.4, -0.2) is 53.3 Å². The number of carbonyl (C=O) groups excluding carboxylic acids is 2. The third-order valence-electron chi connectivity index (χ3n) is 6.39. The van der Waals surface area contributed by atoms with Gasteiger partial charge in [-0.25, -0.2) is 0 Å². The van der Waals surface area contributed by atoms with Crippen molar-refractivity contribution in [1.82, 2.24) is 14.8 Å². The molecule has 4 rings (SSSR count). The lowest BCUT2D eigenvalue weighted by Crippen LogP contribution is -2.43. The zero-order valence-corrected chi connectivity index (χ0v) is 22.0. The minimum atomic E-state index is -0.196. The van der Waals surface area contributed by atoms with Gasteiger partial charge in [0.1, 0.15) is 12.3 Å². The van der Waals surface area contributed by atoms with Gasteiger partial charge in [0.2, 0.25) is 5.91 Å². The normalized spacial score (nSPS) is 10.9. The van der Waals surface area contributed by atoms with Crippen LogP contribution in [0.3, 0.4) is 0 Å². The minimum Gasteiger partial charge on any atom is -0.497 e. The summed E-state index contributed by atoms with van der Waals surface area (Å²) in [5.41, 5.74) is 3.71. The van der Waals surface area contributed by atoms with Crippen LogP contribution in [0.2, 0.25) is 5.02 Å². The first-order valence-corrected chi connectivity index (χ1v) is 12.9. The van der Waals surface area contributed by atoms with Crippen LogP contribution in [0.25, 0.3) is 10.9 Å². The number of nitrogens with zero attached hydrogens (tertiary/aromatic N) is 2. The van der Waals surface area contributed by atoms with E-state index in [1.54, 1.807) is 36.3 Å². The molecule has 0 fully saturated rings. The average molecular weight is 518 g/mol. The molecule has 1 N–H and O–H groups in total. The van der Waals surface area contributed by atoms with Crippen LogP contribution in [0.1, 0.15) is 34.8 Å². The molecule has 1 aromatic heterocycles. The molecule has 0 aliphatic rings. The van der Waals surface area contributed by atoms with Gasteiger partial charge < -0.3 is 19.5 Å². The van der Waals surface area contributed by atoms with Gasteiger partial charge >= 0.3 is 0 Å². The van der Waals surface area contributed by atoms with Crippen molar-refractivity contribution in [3.8, 4) is 5.75 Å². The third kappa shape index (κ3) is 6.71. The summed E-state index contributed by atoms with van der Waals surface area (Å²) >= 11 is 6.11. The molecule has 3 aromatic carbocycles. The summed E-state index contributed by atoms with van der Waals surface area (Å²) in [6.07, 6.45) is 3.45. The summed E-state index contributed by atoms with van der Waals surface area (Å²) in [5, 5.41) is 1.65. The van der Waals surface area contributed by atoms with E-state index >= 15 is 0 Å². The minimum absolute atomic E-state index is 0.00320. The van der Waals surface area contributed by atoms with Gasteiger partial charge in [-0.1, -0.05) is 54.9 Å². The summed E-state index contributed by atoms with van der Waals surface area (Å²) in [5.74, 6) is 0.472. The summed E-state index contributed by atoms with van der Waals surface area (Å²) in [6, 6.07) is 22.7. The van der Waals surface area contributed by atoms with E-state index in [1.807, 2.05) is 60.5 Å². The van der Waals surface area contributed by atoms with Crippen LogP contribution >= 0.6 is 11.6 Å². The largest absolute Gasteiger partial charge is 0.497 e. The Bertz CT molecular complexity index is 1350. The van der Waals surface area contributed by atoms with Gasteiger partial charge in [-0.05, 0) is 60.4 Å². The maximum atomic E-state index is 13.7. The predicted molar refractivity (Wildman–Crippen MR) is 148 cm³/mol. The van der Waals surface area contributed by atoms with Gasteiger partial charge in [0.15, 0.2) is 0 Å². The van der Waals surface area contributed by atoms with Crippen LogP contribution in [0.4, 0.5) is 0 Å². The zero-order valence-electron chi connectivity index (χ0n) is 21.2. The lowest BCUT2D eigenvalue weighted by molar-refractivity contribution is -0.132. The Kier molecular flexibility index (Phi) is 8.86. The molecule has 6 nitrogen and oxygen atoms in total. The number of benzene rings is 3. The summed E-state index contributed by atoms with van der Waals surface area (Å²) < 4.78 is 5.28. The van der Waals surface area contributed by atoms with Crippen LogP contribution in [0, 0.1) is 0 Å². The number of amides is 2. The van der Waals surface area contributed by atoms with Gasteiger partial charge in [0.25, 0.3) is 5.91 Å². The number of fused-ring (bicyclic) bond motifs is 1. The fraction of sp³-hybridized carbons (Fsp3) is 0.267. The van der Waals surface area contributed by atoms with Crippen molar-refractivity contribution < 1.29 is 14.3 Å². The Balaban J connectivity index is 1.54. The van der Waals surface area contributed by atoms with E-state index in [9.17, 15) is 9.59 Å². The van der Waals surface area contributed by atoms with Gasteiger partial charge in [-0.2, -0.15) is 0 Å². The highest BCUT2D eigenvalue weighted by Gasteiger charge is 2.22. The fourth-order valence-corrected chi connectivity index (χ4v) is 4.62. The van der Waals surface area contributed by atoms with Crippen molar-refractivity contribution in [2.75, 3.05) is 26.7 Å². The number of aromatic amines is 1. The Labute approximate surface area is 222 Å². The molecule has 37 heavy (non-hydrogen) atoms. The smallest absolute Gasteiger partial charge is 0.254 e. The van der Waals surface area contributed by atoms with E-state index in [0.717, 1.165) is 34.2 Å². The van der Waals surface area contributed by atoms with Crippen molar-refractivity contribution in [2.24, 2.45) is 0 Å². The molecule has 0 saturated heterocycles. The van der Waals surface area contributed by atoms with Gasteiger partial charge in [-0.15, -0.1) is 0 Å². The lowest BCUT2D eigenvalue weighted by Gasteiger charge is -2.28. The van der Waals surface area contributed by atoms with Gasteiger partial charge in [0, 0.05) is 47.3 Å².